The largest absolute Gasteiger partial charge is 0.278 e. The summed E-state index contributed by atoms with van der Waals surface area (Å²) in [5.74, 6) is 0.125. The fraction of sp³-hybridized carbons (Fsp3) is 0.364. The van der Waals surface area contributed by atoms with Crippen LogP contribution in [0.1, 0.15) is 31.7 Å². The van der Waals surface area contributed by atoms with Gasteiger partial charge in [0.15, 0.2) is 0 Å². The summed E-state index contributed by atoms with van der Waals surface area (Å²) >= 11 is 0. The SMILES string of the molecule is CCC(C)c1ccc2[nH]ncc2c1F. The zero-order valence-electron chi connectivity index (χ0n) is 8.34. The van der Waals surface area contributed by atoms with Gasteiger partial charge in [-0.3, -0.25) is 5.10 Å². The number of nitrogens with zero attached hydrogens (tertiary/aromatic N) is 1. The lowest BCUT2D eigenvalue weighted by molar-refractivity contribution is 0.594. The minimum absolute atomic E-state index is 0.134. The smallest absolute Gasteiger partial charge is 0.137 e. The predicted octanol–water partition coefficient (Wildman–Crippen LogP) is 3.22. The molecule has 0 spiro atoms. The van der Waals surface area contributed by atoms with Crippen molar-refractivity contribution >= 4 is 10.9 Å². The molecule has 0 bridgehead atoms. The molecule has 2 nitrogen and oxygen atoms in total. The van der Waals surface area contributed by atoms with E-state index in [1.165, 1.54) is 6.20 Å². The fourth-order valence-corrected chi connectivity index (χ4v) is 1.60. The quantitative estimate of drug-likeness (QED) is 0.777. The summed E-state index contributed by atoms with van der Waals surface area (Å²) in [6.07, 6.45) is 2.48. The molecule has 0 radical (unpaired) electrons. The lowest BCUT2D eigenvalue weighted by Gasteiger charge is -2.10. The first-order valence-corrected chi connectivity index (χ1v) is 4.85. The van der Waals surface area contributed by atoms with Crippen molar-refractivity contribution in [3.05, 3.63) is 29.7 Å². The third kappa shape index (κ3) is 1.29. The van der Waals surface area contributed by atoms with Gasteiger partial charge in [-0.2, -0.15) is 5.10 Å². The van der Waals surface area contributed by atoms with Crippen molar-refractivity contribution in [1.82, 2.24) is 10.2 Å². The normalized spacial score (nSPS) is 13.4. The van der Waals surface area contributed by atoms with Gasteiger partial charge >= 0.3 is 0 Å². The molecule has 0 aliphatic heterocycles. The van der Waals surface area contributed by atoms with Crippen LogP contribution in [-0.4, -0.2) is 10.2 Å². The van der Waals surface area contributed by atoms with E-state index in [0.29, 0.717) is 5.39 Å². The highest BCUT2D eigenvalue weighted by Gasteiger charge is 2.12. The molecule has 2 aromatic rings. The van der Waals surface area contributed by atoms with Gasteiger partial charge < -0.3 is 0 Å². The molecule has 1 heterocycles. The molecule has 0 fully saturated rings. The van der Waals surface area contributed by atoms with Crippen LogP contribution in [0.25, 0.3) is 10.9 Å². The predicted molar refractivity (Wildman–Crippen MR) is 54.8 cm³/mol. The second kappa shape index (κ2) is 3.40. The lowest BCUT2D eigenvalue weighted by atomic mass is 9.97. The van der Waals surface area contributed by atoms with Crippen LogP contribution < -0.4 is 0 Å². The molecular weight excluding hydrogens is 179 g/mol. The summed E-state index contributed by atoms with van der Waals surface area (Å²) in [7, 11) is 0. The molecule has 1 N–H and O–H groups in total. The number of aromatic amines is 1. The van der Waals surface area contributed by atoms with Crippen LogP contribution in [-0.2, 0) is 0 Å². The second-order valence-electron chi connectivity index (χ2n) is 3.61. The van der Waals surface area contributed by atoms with E-state index in [-0.39, 0.29) is 11.7 Å². The Morgan fingerprint density at radius 1 is 1.50 bits per heavy atom. The van der Waals surface area contributed by atoms with E-state index >= 15 is 0 Å². The Balaban J connectivity index is 2.61. The van der Waals surface area contributed by atoms with Crippen LogP contribution in [0.15, 0.2) is 18.3 Å². The minimum atomic E-state index is -0.134. The minimum Gasteiger partial charge on any atom is -0.278 e. The summed E-state index contributed by atoms with van der Waals surface area (Å²) in [4.78, 5) is 0. The topological polar surface area (TPSA) is 28.7 Å². The number of benzene rings is 1. The molecule has 0 aliphatic rings. The Kier molecular flexibility index (Phi) is 2.23. The summed E-state index contributed by atoms with van der Waals surface area (Å²) in [5, 5.41) is 7.16. The van der Waals surface area contributed by atoms with E-state index in [1.54, 1.807) is 0 Å². The molecule has 2 rings (SSSR count). The van der Waals surface area contributed by atoms with Crippen molar-refractivity contribution in [2.75, 3.05) is 0 Å². The van der Waals surface area contributed by atoms with Crippen molar-refractivity contribution in [1.29, 1.82) is 0 Å². The monoisotopic (exact) mass is 192 g/mol. The van der Waals surface area contributed by atoms with Crippen molar-refractivity contribution in [2.45, 2.75) is 26.2 Å². The van der Waals surface area contributed by atoms with Gasteiger partial charge in [-0.15, -0.1) is 0 Å². The molecule has 1 atom stereocenters. The fourth-order valence-electron chi connectivity index (χ4n) is 1.60. The highest BCUT2D eigenvalue weighted by atomic mass is 19.1. The molecule has 14 heavy (non-hydrogen) atoms. The molecule has 74 valence electrons. The van der Waals surface area contributed by atoms with Gasteiger partial charge in [-0.05, 0) is 24.0 Å². The Morgan fingerprint density at radius 3 is 3.00 bits per heavy atom. The summed E-state index contributed by atoms with van der Waals surface area (Å²) < 4.78 is 13.9. The van der Waals surface area contributed by atoms with Crippen LogP contribution in [0.2, 0.25) is 0 Å². The molecule has 1 aromatic heterocycles. The number of fused-ring (bicyclic) bond motifs is 1. The zero-order valence-corrected chi connectivity index (χ0v) is 8.34. The van der Waals surface area contributed by atoms with Gasteiger partial charge in [-0.1, -0.05) is 19.9 Å². The average molecular weight is 192 g/mol. The van der Waals surface area contributed by atoms with Crippen molar-refractivity contribution in [2.24, 2.45) is 0 Å². The van der Waals surface area contributed by atoms with Crippen molar-refractivity contribution in [3.8, 4) is 0 Å². The van der Waals surface area contributed by atoms with E-state index < -0.39 is 0 Å². The van der Waals surface area contributed by atoms with Crippen LogP contribution in [0.3, 0.4) is 0 Å². The number of hydrogen-bond acceptors (Lipinski definition) is 1. The van der Waals surface area contributed by atoms with E-state index in [2.05, 4.69) is 17.1 Å². The number of aromatic nitrogens is 2. The van der Waals surface area contributed by atoms with Crippen LogP contribution >= 0.6 is 0 Å². The number of hydrogen-bond donors (Lipinski definition) is 1. The van der Waals surface area contributed by atoms with E-state index in [0.717, 1.165) is 17.5 Å². The Hall–Kier alpha value is -1.38. The summed E-state index contributed by atoms with van der Waals surface area (Å²) in [5.41, 5.74) is 1.54. The highest BCUT2D eigenvalue weighted by Crippen LogP contribution is 2.26. The maximum absolute atomic E-state index is 13.9. The maximum Gasteiger partial charge on any atom is 0.137 e. The molecule has 0 saturated heterocycles. The third-order valence-corrected chi connectivity index (χ3v) is 2.73. The van der Waals surface area contributed by atoms with Gasteiger partial charge in [0.05, 0.1) is 17.1 Å². The molecule has 1 aromatic carbocycles. The summed E-state index contributed by atoms with van der Waals surface area (Å²) in [6, 6.07) is 3.72. The molecular formula is C11H13FN2. The van der Waals surface area contributed by atoms with E-state index in [4.69, 9.17) is 0 Å². The zero-order chi connectivity index (χ0) is 10.1. The highest BCUT2D eigenvalue weighted by molar-refractivity contribution is 5.79. The van der Waals surface area contributed by atoms with Crippen molar-refractivity contribution in [3.63, 3.8) is 0 Å². The first-order chi connectivity index (χ1) is 6.74. The first-order valence-electron chi connectivity index (χ1n) is 4.85. The third-order valence-electron chi connectivity index (χ3n) is 2.73. The Bertz CT molecular complexity index is 447. The van der Waals surface area contributed by atoms with Gasteiger partial charge in [-0.25, -0.2) is 4.39 Å². The molecule has 0 aliphatic carbocycles. The van der Waals surface area contributed by atoms with E-state index in [1.807, 2.05) is 19.1 Å². The maximum atomic E-state index is 13.9. The summed E-state index contributed by atoms with van der Waals surface area (Å²) in [6.45, 7) is 4.09. The molecule has 0 saturated carbocycles. The van der Waals surface area contributed by atoms with Crippen LogP contribution in [0, 0.1) is 5.82 Å². The number of halogens is 1. The van der Waals surface area contributed by atoms with Crippen LogP contribution in [0.5, 0.6) is 0 Å². The first kappa shape index (κ1) is 9.19. The van der Waals surface area contributed by atoms with E-state index in [9.17, 15) is 4.39 Å². The number of nitrogens with one attached hydrogen (secondary N) is 1. The molecule has 3 heteroatoms. The number of rotatable bonds is 2. The average Bonchev–Trinajstić information content (AvgIpc) is 2.66. The lowest BCUT2D eigenvalue weighted by Crippen LogP contribution is -1.95. The molecule has 1 unspecified atom stereocenters. The second-order valence-corrected chi connectivity index (χ2v) is 3.61. The van der Waals surface area contributed by atoms with Gasteiger partial charge in [0.25, 0.3) is 0 Å². The van der Waals surface area contributed by atoms with Gasteiger partial charge in [0.1, 0.15) is 5.82 Å². The Morgan fingerprint density at radius 2 is 2.29 bits per heavy atom. The van der Waals surface area contributed by atoms with Gasteiger partial charge in [0.2, 0.25) is 0 Å². The molecule has 0 amide bonds. The van der Waals surface area contributed by atoms with Crippen LogP contribution in [0.4, 0.5) is 4.39 Å². The van der Waals surface area contributed by atoms with Crippen molar-refractivity contribution < 1.29 is 4.39 Å². The Labute approximate surface area is 82.1 Å². The van der Waals surface area contributed by atoms with Gasteiger partial charge in [0, 0.05) is 0 Å². The standard InChI is InChI=1S/C11H13FN2/c1-3-7(2)8-4-5-10-9(11(8)12)6-13-14-10/h4-7H,3H2,1-2H3,(H,13,14). The number of H-pyrrole nitrogens is 1.